The van der Waals surface area contributed by atoms with Gasteiger partial charge in [-0.3, -0.25) is 0 Å². The van der Waals surface area contributed by atoms with Crippen LogP contribution >= 0.6 is 0 Å². The van der Waals surface area contributed by atoms with E-state index < -0.39 is 5.97 Å². The van der Waals surface area contributed by atoms with E-state index in [0.717, 1.165) is 11.6 Å². The molecule has 1 rings (SSSR count). The van der Waals surface area contributed by atoms with Crippen LogP contribution in [0.15, 0.2) is 36.4 Å². The summed E-state index contributed by atoms with van der Waals surface area (Å²) >= 11 is 0. The van der Waals surface area contributed by atoms with Crippen LogP contribution in [0.2, 0.25) is 0 Å². The van der Waals surface area contributed by atoms with Crippen LogP contribution < -0.4 is 17.5 Å². The first-order valence-electron chi connectivity index (χ1n) is 3.23. The van der Waals surface area contributed by atoms with Crippen LogP contribution in [0.4, 0.5) is 0 Å². The molecule has 0 aliphatic carbocycles. The fourth-order valence-corrected chi connectivity index (χ4v) is 0.728. The summed E-state index contributed by atoms with van der Waals surface area (Å²) in [4.78, 5) is 9.97. The normalized spacial score (nSPS) is 9.33. The lowest BCUT2D eigenvalue weighted by Gasteiger charge is -1.91. The lowest BCUT2D eigenvalue weighted by Crippen LogP contribution is -3.00. The van der Waals surface area contributed by atoms with Crippen molar-refractivity contribution in [3.05, 3.63) is 42.0 Å². The van der Waals surface area contributed by atoms with E-state index in [-0.39, 0.29) is 12.4 Å². The largest absolute Gasteiger partial charge is 1.00 e. The fourth-order valence-electron chi connectivity index (χ4n) is 0.728. The number of aliphatic carboxylic acids is 1. The molecule has 1 aromatic carbocycles. The molecule has 12 heavy (non-hydrogen) atoms. The van der Waals surface area contributed by atoms with Gasteiger partial charge in [0, 0.05) is 0 Å². The van der Waals surface area contributed by atoms with Crippen molar-refractivity contribution in [2.24, 2.45) is 0 Å². The molecule has 0 N–H and O–H groups in total. The highest BCUT2D eigenvalue weighted by atomic mass is 35.5. The van der Waals surface area contributed by atoms with Crippen molar-refractivity contribution >= 4 is 12.0 Å². The van der Waals surface area contributed by atoms with E-state index in [2.05, 4.69) is 0 Å². The Morgan fingerprint density at radius 3 is 2.33 bits per heavy atom. The molecule has 0 aromatic heterocycles. The highest BCUT2D eigenvalue weighted by molar-refractivity contribution is 5.83. The van der Waals surface area contributed by atoms with Gasteiger partial charge in [0.25, 0.3) is 0 Å². The molecule has 0 radical (unpaired) electrons. The number of hydrogen-bond donors (Lipinski definition) is 0. The Kier molecular flexibility index (Phi) is 4.81. The number of carbonyl (C=O) groups excluding carboxylic acids is 1. The number of halogens is 1. The summed E-state index contributed by atoms with van der Waals surface area (Å²) in [7, 11) is 0. The highest BCUT2D eigenvalue weighted by Gasteiger charge is 1.80. The Morgan fingerprint density at radius 2 is 1.83 bits per heavy atom. The molecule has 0 bridgehead atoms. The monoisotopic (exact) mass is 182 g/mol. The molecule has 1 aromatic rings. The Balaban J connectivity index is 0.00000121. The minimum Gasteiger partial charge on any atom is -1.00 e. The second kappa shape index (κ2) is 5.38. The highest BCUT2D eigenvalue weighted by Crippen LogP contribution is 1.99. The molecule has 2 nitrogen and oxygen atoms in total. The smallest absolute Gasteiger partial charge is 0.0643 e. The molecule has 0 atom stereocenters. The van der Waals surface area contributed by atoms with E-state index in [1.54, 1.807) is 0 Å². The van der Waals surface area contributed by atoms with Crippen LogP contribution in [0.25, 0.3) is 6.08 Å². The van der Waals surface area contributed by atoms with Gasteiger partial charge in [-0.2, -0.15) is 0 Å². The second-order valence-electron chi connectivity index (χ2n) is 2.06. The predicted molar refractivity (Wildman–Crippen MR) is 40.5 cm³/mol. The van der Waals surface area contributed by atoms with Crippen LogP contribution in [0.3, 0.4) is 0 Å². The molecule has 0 amide bonds. The fraction of sp³-hybridized carbons (Fsp3) is 0. The SMILES string of the molecule is O=C([O-])/C=C/c1ccccc1.[Cl-]. The lowest BCUT2D eigenvalue weighted by atomic mass is 10.2. The lowest BCUT2D eigenvalue weighted by molar-refractivity contribution is -0.297. The van der Waals surface area contributed by atoms with Crippen LogP contribution in [-0.2, 0) is 4.79 Å². The Bertz CT molecular complexity index is 267. The third-order valence-corrected chi connectivity index (χ3v) is 1.21. The summed E-state index contributed by atoms with van der Waals surface area (Å²) in [6.45, 7) is 0. The van der Waals surface area contributed by atoms with Gasteiger partial charge in [-0.25, -0.2) is 0 Å². The number of carboxylic acids is 1. The molecule has 0 heterocycles. The topological polar surface area (TPSA) is 40.1 Å². The molecule has 3 heteroatoms. The average molecular weight is 183 g/mol. The molecule has 0 aliphatic rings. The molecule has 0 aliphatic heterocycles. The zero-order valence-corrected chi connectivity index (χ0v) is 6.99. The Labute approximate surface area is 76.9 Å². The molecule has 0 spiro atoms. The number of carbonyl (C=O) groups is 1. The molecular weight excluding hydrogens is 176 g/mol. The summed E-state index contributed by atoms with van der Waals surface area (Å²) in [5.74, 6) is -1.17. The maximum absolute atomic E-state index is 9.97. The maximum Gasteiger partial charge on any atom is 0.0643 e. The summed E-state index contributed by atoms with van der Waals surface area (Å²) in [5, 5.41) is 9.97. The number of carboxylic acid groups (broad SMARTS) is 1. The van der Waals surface area contributed by atoms with Crippen molar-refractivity contribution in [3.8, 4) is 0 Å². The zero-order valence-electron chi connectivity index (χ0n) is 6.24. The first-order chi connectivity index (χ1) is 5.29. The van der Waals surface area contributed by atoms with E-state index >= 15 is 0 Å². The maximum atomic E-state index is 9.97. The van der Waals surface area contributed by atoms with Gasteiger partial charge in [0.05, 0.1) is 5.97 Å². The molecular formula is C9H7ClO2-2. The number of rotatable bonds is 2. The van der Waals surface area contributed by atoms with Crippen molar-refractivity contribution < 1.29 is 22.3 Å². The van der Waals surface area contributed by atoms with Crippen molar-refractivity contribution in [3.63, 3.8) is 0 Å². The zero-order chi connectivity index (χ0) is 8.10. The molecule has 64 valence electrons. The molecule has 0 fully saturated rings. The van der Waals surface area contributed by atoms with Gasteiger partial charge in [-0.1, -0.05) is 36.4 Å². The Morgan fingerprint density at radius 1 is 1.25 bits per heavy atom. The van der Waals surface area contributed by atoms with Gasteiger partial charge < -0.3 is 22.3 Å². The summed E-state index contributed by atoms with van der Waals surface area (Å²) in [5.41, 5.74) is 0.858. The van der Waals surface area contributed by atoms with E-state index in [1.165, 1.54) is 6.08 Å². The van der Waals surface area contributed by atoms with Crippen LogP contribution in [0, 0.1) is 0 Å². The third kappa shape index (κ3) is 3.78. The number of hydrogen-bond acceptors (Lipinski definition) is 2. The van der Waals surface area contributed by atoms with E-state index in [9.17, 15) is 9.90 Å². The standard InChI is InChI=1S/C9H8O2.ClH/c10-9(11)7-6-8-4-2-1-3-5-8;/h1-7H,(H,10,11);1H/p-2/b7-6+;. The minimum atomic E-state index is -1.17. The molecule has 0 saturated heterocycles. The van der Waals surface area contributed by atoms with Gasteiger partial charge in [0.1, 0.15) is 0 Å². The molecule has 0 saturated carbocycles. The van der Waals surface area contributed by atoms with E-state index in [4.69, 9.17) is 0 Å². The van der Waals surface area contributed by atoms with Crippen LogP contribution in [-0.4, -0.2) is 5.97 Å². The summed E-state index contributed by atoms with van der Waals surface area (Å²) in [6.07, 6.45) is 2.50. The van der Waals surface area contributed by atoms with Gasteiger partial charge in [-0.05, 0) is 11.6 Å². The van der Waals surface area contributed by atoms with E-state index in [1.807, 2.05) is 30.3 Å². The predicted octanol–water partition coefficient (Wildman–Crippen LogP) is -2.55. The van der Waals surface area contributed by atoms with Gasteiger partial charge >= 0.3 is 0 Å². The van der Waals surface area contributed by atoms with Crippen molar-refractivity contribution in [2.45, 2.75) is 0 Å². The average Bonchev–Trinajstić information content (AvgIpc) is 2.03. The van der Waals surface area contributed by atoms with Gasteiger partial charge in [-0.15, -0.1) is 0 Å². The summed E-state index contributed by atoms with van der Waals surface area (Å²) < 4.78 is 0. The minimum absolute atomic E-state index is 0. The molecule has 0 unspecified atom stereocenters. The van der Waals surface area contributed by atoms with Gasteiger partial charge in [0.2, 0.25) is 0 Å². The van der Waals surface area contributed by atoms with Crippen molar-refractivity contribution in [1.29, 1.82) is 0 Å². The van der Waals surface area contributed by atoms with Gasteiger partial charge in [0.15, 0.2) is 0 Å². The van der Waals surface area contributed by atoms with E-state index in [0.29, 0.717) is 0 Å². The van der Waals surface area contributed by atoms with Crippen molar-refractivity contribution in [1.82, 2.24) is 0 Å². The summed E-state index contributed by atoms with van der Waals surface area (Å²) in [6, 6.07) is 9.19. The first-order valence-corrected chi connectivity index (χ1v) is 3.23. The second-order valence-corrected chi connectivity index (χ2v) is 2.06. The van der Waals surface area contributed by atoms with Crippen LogP contribution in [0.5, 0.6) is 0 Å². The quantitative estimate of drug-likeness (QED) is 0.473. The first kappa shape index (κ1) is 10.7. The van der Waals surface area contributed by atoms with Crippen LogP contribution in [0.1, 0.15) is 5.56 Å². The van der Waals surface area contributed by atoms with Crippen molar-refractivity contribution in [2.75, 3.05) is 0 Å². The number of benzene rings is 1. The Hall–Kier alpha value is -1.28. The third-order valence-electron chi connectivity index (χ3n) is 1.21.